The third-order valence-corrected chi connectivity index (χ3v) is 3.77. The van der Waals surface area contributed by atoms with Gasteiger partial charge in [0.15, 0.2) is 17.8 Å². The van der Waals surface area contributed by atoms with E-state index in [1.807, 2.05) is 0 Å². The molecular formula is C15H17N3O4. The number of amides is 2. The summed E-state index contributed by atoms with van der Waals surface area (Å²) in [5, 5.41) is 2.95. The van der Waals surface area contributed by atoms with Crippen molar-refractivity contribution in [3.05, 3.63) is 24.0 Å². The normalized spacial score (nSPS) is 23.1. The average molecular weight is 303 g/mol. The molecule has 3 aliphatic rings. The van der Waals surface area contributed by atoms with Crippen molar-refractivity contribution in [1.29, 1.82) is 0 Å². The van der Waals surface area contributed by atoms with E-state index in [-0.39, 0.29) is 17.6 Å². The minimum absolute atomic E-state index is 0.0289. The number of hydrogen-bond acceptors (Lipinski definition) is 5. The van der Waals surface area contributed by atoms with Crippen molar-refractivity contribution in [3.8, 4) is 0 Å². The van der Waals surface area contributed by atoms with E-state index in [1.54, 1.807) is 6.08 Å². The first kappa shape index (κ1) is 14.5. The molecule has 0 aromatic heterocycles. The van der Waals surface area contributed by atoms with Crippen LogP contribution in [0.4, 0.5) is 0 Å². The van der Waals surface area contributed by atoms with Gasteiger partial charge in [-0.1, -0.05) is 0 Å². The molecule has 0 aromatic rings. The number of aliphatic imine (C=N–C) groups is 1. The van der Waals surface area contributed by atoms with E-state index in [4.69, 9.17) is 4.74 Å². The number of rotatable bonds is 4. The van der Waals surface area contributed by atoms with Crippen LogP contribution in [0.5, 0.6) is 0 Å². The van der Waals surface area contributed by atoms with Gasteiger partial charge in [-0.3, -0.25) is 24.4 Å². The summed E-state index contributed by atoms with van der Waals surface area (Å²) in [5.74, 6) is 0.151. The summed E-state index contributed by atoms with van der Waals surface area (Å²) in [6, 6.07) is 0. The van der Waals surface area contributed by atoms with Gasteiger partial charge in [-0.15, -0.1) is 0 Å². The number of hydrazine groups is 1. The van der Waals surface area contributed by atoms with E-state index < -0.39 is 6.23 Å². The van der Waals surface area contributed by atoms with Gasteiger partial charge in [0.1, 0.15) is 5.71 Å². The maximum atomic E-state index is 11.8. The lowest BCUT2D eigenvalue weighted by Gasteiger charge is -2.31. The summed E-state index contributed by atoms with van der Waals surface area (Å²) in [6.07, 6.45) is 5.76. The third kappa shape index (κ3) is 2.79. The standard InChI is InChI=1S/C15H17N3O4/c1-10(19)17(18-7-2-3-15(18)21)8-6-14-16-12-5-4-11(20)9-13(12)22-14/h4-5,9,14H,2-3,6-8H2,1H3. The van der Waals surface area contributed by atoms with Gasteiger partial charge >= 0.3 is 0 Å². The SMILES string of the molecule is CC(=O)N(CCC1N=C2C=CC(=O)C=C2O1)N1CCCC1=O. The second-order valence-electron chi connectivity index (χ2n) is 5.38. The van der Waals surface area contributed by atoms with Crippen molar-refractivity contribution >= 4 is 23.3 Å². The van der Waals surface area contributed by atoms with Gasteiger partial charge in [-0.2, -0.15) is 0 Å². The minimum atomic E-state index is -0.434. The summed E-state index contributed by atoms with van der Waals surface area (Å²) in [7, 11) is 0. The molecule has 1 saturated heterocycles. The van der Waals surface area contributed by atoms with E-state index in [2.05, 4.69) is 4.99 Å². The maximum Gasteiger partial charge on any atom is 0.241 e. The summed E-state index contributed by atoms with van der Waals surface area (Å²) >= 11 is 0. The summed E-state index contributed by atoms with van der Waals surface area (Å²) in [6.45, 7) is 2.37. The van der Waals surface area contributed by atoms with Crippen molar-refractivity contribution in [1.82, 2.24) is 10.0 Å². The zero-order valence-corrected chi connectivity index (χ0v) is 12.3. The Hall–Kier alpha value is -2.44. The molecule has 1 unspecified atom stereocenters. The van der Waals surface area contributed by atoms with Crippen molar-refractivity contribution in [2.75, 3.05) is 13.1 Å². The van der Waals surface area contributed by atoms with Gasteiger partial charge in [0.2, 0.25) is 11.8 Å². The predicted molar refractivity (Wildman–Crippen MR) is 77.5 cm³/mol. The Morgan fingerprint density at radius 2 is 2.27 bits per heavy atom. The molecule has 0 N–H and O–H groups in total. The lowest BCUT2D eigenvalue weighted by atomic mass is 10.1. The van der Waals surface area contributed by atoms with Crippen LogP contribution in [-0.2, 0) is 19.1 Å². The van der Waals surface area contributed by atoms with Crippen LogP contribution in [-0.4, -0.2) is 52.6 Å². The second kappa shape index (κ2) is 5.75. The van der Waals surface area contributed by atoms with Crippen LogP contribution >= 0.6 is 0 Å². The van der Waals surface area contributed by atoms with Crippen LogP contribution in [0.3, 0.4) is 0 Å². The van der Waals surface area contributed by atoms with Gasteiger partial charge in [0, 0.05) is 38.9 Å². The molecule has 22 heavy (non-hydrogen) atoms. The lowest BCUT2D eigenvalue weighted by molar-refractivity contribution is -0.158. The molecular weight excluding hydrogens is 286 g/mol. The van der Waals surface area contributed by atoms with Gasteiger partial charge in [-0.25, -0.2) is 4.99 Å². The molecule has 0 aromatic carbocycles. The number of carbonyl (C=O) groups is 3. The number of ether oxygens (including phenoxy) is 1. The Labute approximate surface area is 127 Å². The molecule has 1 fully saturated rings. The molecule has 1 atom stereocenters. The van der Waals surface area contributed by atoms with Crippen molar-refractivity contribution in [2.24, 2.45) is 4.99 Å². The largest absolute Gasteiger partial charge is 0.466 e. The lowest BCUT2D eigenvalue weighted by Crippen LogP contribution is -2.47. The molecule has 0 saturated carbocycles. The summed E-state index contributed by atoms with van der Waals surface area (Å²) in [5.41, 5.74) is 0.649. The van der Waals surface area contributed by atoms with Crippen LogP contribution in [0.25, 0.3) is 0 Å². The van der Waals surface area contributed by atoms with Crippen molar-refractivity contribution in [3.63, 3.8) is 0 Å². The maximum absolute atomic E-state index is 11.8. The van der Waals surface area contributed by atoms with Crippen LogP contribution < -0.4 is 0 Å². The monoisotopic (exact) mass is 303 g/mol. The first-order valence-electron chi connectivity index (χ1n) is 7.31. The van der Waals surface area contributed by atoms with Gasteiger partial charge in [0.05, 0.1) is 0 Å². The quantitative estimate of drug-likeness (QED) is 0.712. The number of carbonyl (C=O) groups excluding carboxylic acids is 3. The van der Waals surface area contributed by atoms with Gasteiger partial charge in [-0.05, 0) is 18.6 Å². The zero-order valence-electron chi connectivity index (χ0n) is 12.3. The van der Waals surface area contributed by atoms with Crippen LogP contribution in [0, 0.1) is 0 Å². The third-order valence-electron chi connectivity index (χ3n) is 3.77. The van der Waals surface area contributed by atoms with E-state index in [0.717, 1.165) is 6.42 Å². The molecule has 0 radical (unpaired) electrons. The fourth-order valence-electron chi connectivity index (χ4n) is 2.72. The van der Waals surface area contributed by atoms with Gasteiger partial charge < -0.3 is 4.74 Å². The highest BCUT2D eigenvalue weighted by molar-refractivity contribution is 6.19. The molecule has 0 bridgehead atoms. The van der Waals surface area contributed by atoms with Crippen molar-refractivity contribution < 1.29 is 19.1 Å². The number of allylic oxidation sites excluding steroid dienone is 3. The van der Waals surface area contributed by atoms with Crippen LogP contribution in [0.2, 0.25) is 0 Å². The van der Waals surface area contributed by atoms with Crippen LogP contribution in [0.1, 0.15) is 26.2 Å². The summed E-state index contributed by atoms with van der Waals surface area (Å²) in [4.78, 5) is 39.2. The highest BCUT2D eigenvalue weighted by atomic mass is 16.5. The molecule has 116 valence electrons. The number of nitrogens with zero attached hydrogens (tertiary/aromatic N) is 3. The zero-order chi connectivity index (χ0) is 15.7. The Morgan fingerprint density at radius 1 is 1.45 bits per heavy atom. The predicted octanol–water partition coefficient (Wildman–Crippen LogP) is 0.583. The Balaban J connectivity index is 1.62. The minimum Gasteiger partial charge on any atom is -0.466 e. The molecule has 7 heteroatoms. The van der Waals surface area contributed by atoms with E-state index in [0.29, 0.717) is 37.4 Å². The number of hydrogen-bond donors (Lipinski definition) is 0. The van der Waals surface area contributed by atoms with E-state index >= 15 is 0 Å². The Kier molecular flexibility index (Phi) is 3.79. The molecule has 3 rings (SSSR count). The number of ketones is 1. The molecule has 1 aliphatic carbocycles. The Bertz CT molecular complexity index is 620. The average Bonchev–Trinajstić information content (AvgIpc) is 3.05. The fourth-order valence-corrected chi connectivity index (χ4v) is 2.72. The molecule has 2 amide bonds. The highest BCUT2D eigenvalue weighted by Gasteiger charge is 2.30. The van der Waals surface area contributed by atoms with Crippen LogP contribution in [0.15, 0.2) is 29.0 Å². The van der Waals surface area contributed by atoms with Crippen molar-refractivity contribution in [2.45, 2.75) is 32.4 Å². The summed E-state index contributed by atoms with van der Waals surface area (Å²) < 4.78 is 5.60. The van der Waals surface area contributed by atoms with E-state index in [1.165, 1.54) is 29.1 Å². The molecule has 0 spiro atoms. The molecule has 7 nitrogen and oxygen atoms in total. The first-order valence-corrected chi connectivity index (χ1v) is 7.31. The fraction of sp³-hybridized carbons (Fsp3) is 0.467. The van der Waals surface area contributed by atoms with E-state index in [9.17, 15) is 14.4 Å². The highest BCUT2D eigenvalue weighted by Crippen LogP contribution is 2.23. The second-order valence-corrected chi connectivity index (χ2v) is 5.38. The first-order chi connectivity index (χ1) is 10.5. The number of fused-ring (bicyclic) bond motifs is 1. The smallest absolute Gasteiger partial charge is 0.241 e. The molecule has 2 aliphatic heterocycles. The topological polar surface area (TPSA) is 79.3 Å². The van der Waals surface area contributed by atoms with Gasteiger partial charge in [0.25, 0.3) is 0 Å². The molecule has 2 heterocycles. The Morgan fingerprint density at radius 3 is 2.95 bits per heavy atom.